The van der Waals surface area contributed by atoms with Gasteiger partial charge in [-0.3, -0.25) is 0 Å². The highest BCUT2D eigenvalue weighted by Gasteiger charge is 2.07. The number of carboxylic acid groups (broad SMARTS) is 1. The van der Waals surface area contributed by atoms with Crippen molar-refractivity contribution in [3.8, 4) is 0 Å². The van der Waals surface area contributed by atoms with Crippen LogP contribution in [0.2, 0.25) is 5.02 Å². The second-order valence-electron chi connectivity index (χ2n) is 3.71. The van der Waals surface area contributed by atoms with Crippen molar-refractivity contribution < 1.29 is 14.3 Å². The van der Waals surface area contributed by atoms with Gasteiger partial charge in [0.2, 0.25) is 0 Å². The molecule has 2 aromatic rings. The van der Waals surface area contributed by atoms with Gasteiger partial charge in [0.1, 0.15) is 5.82 Å². The summed E-state index contributed by atoms with van der Waals surface area (Å²) in [6.07, 6.45) is 1.44. The molecule has 0 fully saturated rings. The number of aromatic nitrogens is 1. The third-order valence-corrected chi connectivity index (χ3v) is 3.70. The van der Waals surface area contributed by atoms with Crippen molar-refractivity contribution >= 4 is 29.3 Å². The van der Waals surface area contributed by atoms with Gasteiger partial charge in [0, 0.05) is 17.0 Å². The number of benzene rings is 1. The Bertz CT molecular complexity index is 621. The van der Waals surface area contributed by atoms with Gasteiger partial charge < -0.3 is 5.11 Å². The molecule has 3 nitrogen and oxygen atoms in total. The van der Waals surface area contributed by atoms with Gasteiger partial charge in [-0.15, -0.1) is 11.8 Å². The Labute approximate surface area is 118 Å². The Morgan fingerprint density at radius 2 is 2.16 bits per heavy atom. The Kier molecular flexibility index (Phi) is 4.39. The first-order valence-corrected chi connectivity index (χ1v) is 6.68. The van der Waals surface area contributed by atoms with Gasteiger partial charge in [-0.1, -0.05) is 17.7 Å². The maximum absolute atomic E-state index is 12.9. The highest BCUT2D eigenvalue weighted by Crippen LogP contribution is 2.26. The molecule has 0 saturated carbocycles. The Morgan fingerprint density at radius 3 is 2.84 bits per heavy atom. The predicted molar refractivity (Wildman–Crippen MR) is 72.2 cm³/mol. The fourth-order valence-corrected chi connectivity index (χ4v) is 2.63. The van der Waals surface area contributed by atoms with Crippen molar-refractivity contribution in [2.75, 3.05) is 0 Å². The van der Waals surface area contributed by atoms with Gasteiger partial charge in [0.15, 0.2) is 0 Å². The van der Waals surface area contributed by atoms with E-state index < -0.39 is 5.97 Å². The van der Waals surface area contributed by atoms with Crippen molar-refractivity contribution in [1.29, 1.82) is 0 Å². The summed E-state index contributed by atoms with van der Waals surface area (Å²) in [6.45, 7) is 0. The third kappa shape index (κ3) is 3.68. The summed E-state index contributed by atoms with van der Waals surface area (Å²) in [5, 5.41) is 9.80. The molecule has 0 spiro atoms. The van der Waals surface area contributed by atoms with Crippen LogP contribution >= 0.6 is 23.4 Å². The van der Waals surface area contributed by atoms with E-state index in [1.807, 2.05) is 0 Å². The quantitative estimate of drug-likeness (QED) is 0.871. The summed E-state index contributed by atoms with van der Waals surface area (Å²) in [5.74, 6) is -0.886. The molecule has 1 aromatic heterocycles. The number of pyridine rings is 1. The van der Waals surface area contributed by atoms with Gasteiger partial charge in [0.25, 0.3) is 0 Å². The van der Waals surface area contributed by atoms with E-state index in [9.17, 15) is 9.18 Å². The van der Waals surface area contributed by atoms with Crippen molar-refractivity contribution in [3.63, 3.8) is 0 Å². The molecule has 1 N–H and O–H groups in total. The third-order valence-electron chi connectivity index (χ3n) is 2.37. The molecular formula is C13H9ClFNO2S. The summed E-state index contributed by atoms with van der Waals surface area (Å²) >= 11 is 7.25. The van der Waals surface area contributed by atoms with Crippen LogP contribution < -0.4 is 0 Å². The van der Waals surface area contributed by atoms with Crippen LogP contribution in [0, 0.1) is 5.82 Å². The van der Waals surface area contributed by atoms with Crippen LogP contribution in [0.15, 0.2) is 41.6 Å². The summed E-state index contributed by atoms with van der Waals surface area (Å²) in [7, 11) is 0. The topological polar surface area (TPSA) is 50.2 Å². The van der Waals surface area contributed by atoms with E-state index in [0.29, 0.717) is 15.8 Å². The van der Waals surface area contributed by atoms with Gasteiger partial charge >= 0.3 is 5.97 Å². The molecular weight excluding hydrogens is 289 g/mol. The molecule has 6 heteroatoms. The Hall–Kier alpha value is -1.59. The molecule has 1 aromatic carbocycles. The molecule has 2 rings (SSSR count). The molecule has 0 radical (unpaired) electrons. The minimum Gasteiger partial charge on any atom is -0.478 e. The van der Waals surface area contributed by atoms with Gasteiger partial charge in [-0.05, 0) is 29.8 Å². The molecule has 0 aliphatic carbocycles. The first-order valence-electron chi connectivity index (χ1n) is 5.32. The van der Waals surface area contributed by atoms with Crippen LogP contribution in [-0.4, -0.2) is 16.1 Å². The molecule has 19 heavy (non-hydrogen) atoms. The number of thioether (sulfide) groups is 1. The van der Waals surface area contributed by atoms with Crippen molar-refractivity contribution in [2.24, 2.45) is 0 Å². The Balaban J connectivity index is 2.10. The lowest BCUT2D eigenvalue weighted by Crippen LogP contribution is -1.96. The largest absolute Gasteiger partial charge is 0.478 e. The molecule has 0 aliphatic rings. The SMILES string of the molecule is O=C(O)c1ccnc(SCc2ccc(F)cc2Cl)c1. The number of aromatic carboxylic acids is 1. The van der Waals surface area contributed by atoms with E-state index in [2.05, 4.69) is 4.98 Å². The zero-order valence-corrected chi connectivity index (χ0v) is 11.2. The van der Waals surface area contributed by atoms with Crippen LogP contribution in [0.3, 0.4) is 0 Å². The second-order valence-corrected chi connectivity index (χ2v) is 5.12. The first-order chi connectivity index (χ1) is 9.06. The second kappa shape index (κ2) is 6.04. The minimum absolute atomic E-state index is 0.183. The van der Waals surface area contributed by atoms with E-state index in [4.69, 9.17) is 16.7 Å². The average Bonchev–Trinajstić information content (AvgIpc) is 2.38. The number of nitrogens with zero attached hydrogens (tertiary/aromatic N) is 1. The normalized spacial score (nSPS) is 10.4. The van der Waals surface area contributed by atoms with E-state index in [0.717, 1.165) is 5.56 Å². The number of carboxylic acids is 1. The average molecular weight is 298 g/mol. The van der Waals surface area contributed by atoms with Gasteiger partial charge in [0.05, 0.1) is 10.6 Å². The standard InChI is InChI=1S/C13H9ClFNO2S/c14-11-6-10(15)2-1-9(11)7-19-12-5-8(13(17)18)3-4-16-12/h1-6H,7H2,(H,17,18). The van der Waals surface area contributed by atoms with Crippen LogP contribution in [0.1, 0.15) is 15.9 Å². The molecule has 0 unspecified atom stereocenters. The first kappa shape index (κ1) is 13.8. The lowest BCUT2D eigenvalue weighted by molar-refractivity contribution is 0.0696. The summed E-state index contributed by atoms with van der Waals surface area (Å²) in [6, 6.07) is 7.11. The number of halogens is 2. The van der Waals surface area contributed by atoms with E-state index in [1.165, 1.54) is 42.2 Å². The van der Waals surface area contributed by atoms with Crippen molar-refractivity contribution in [2.45, 2.75) is 10.8 Å². The van der Waals surface area contributed by atoms with E-state index in [-0.39, 0.29) is 11.4 Å². The highest BCUT2D eigenvalue weighted by atomic mass is 35.5. The minimum atomic E-state index is -0.996. The summed E-state index contributed by atoms with van der Waals surface area (Å²) < 4.78 is 12.9. The van der Waals surface area contributed by atoms with Crippen LogP contribution in [0.25, 0.3) is 0 Å². The zero-order chi connectivity index (χ0) is 13.8. The Morgan fingerprint density at radius 1 is 1.37 bits per heavy atom. The summed E-state index contributed by atoms with van der Waals surface area (Å²) in [5.41, 5.74) is 0.957. The highest BCUT2D eigenvalue weighted by molar-refractivity contribution is 7.98. The van der Waals surface area contributed by atoms with Crippen LogP contribution in [-0.2, 0) is 5.75 Å². The maximum Gasteiger partial charge on any atom is 0.335 e. The molecule has 0 amide bonds. The maximum atomic E-state index is 12.9. The molecule has 98 valence electrons. The zero-order valence-electron chi connectivity index (χ0n) is 9.64. The van der Waals surface area contributed by atoms with Crippen LogP contribution in [0.4, 0.5) is 4.39 Å². The number of carbonyl (C=O) groups is 1. The van der Waals surface area contributed by atoms with Crippen LogP contribution in [0.5, 0.6) is 0 Å². The van der Waals surface area contributed by atoms with Gasteiger partial charge in [-0.25, -0.2) is 14.2 Å². The number of hydrogen-bond donors (Lipinski definition) is 1. The predicted octanol–water partition coefficient (Wildman–Crippen LogP) is 3.86. The lowest BCUT2D eigenvalue weighted by atomic mass is 10.2. The number of rotatable bonds is 4. The van der Waals surface area contributed by atoms with Crippen molar-refractivity contribution in [1.82, 2.24) is 4.98 Å². The molecule has 0 bridgehead atoms. The van der Waals surface area contributed by atoms with Crippen molar-refractivity contribution in [3.05, 3.63) is 58.5 Å². The van der Waals surface area contributed by atoms with E-state index >= 15 is 0 Å². The summed E-state index contributed by atoms with van der Waals surface area (Å²) in [4.78, 5) is 14.9. The monoisotopic (exact) mass is 297 g/mol. The molecule has 0 atom stereocenters. The van der Waals surface area contributed by atoms with Gasteiger partial charge in [-0.2, -0.15) is 0 Å². The lowest BCUT2D eigenvalue weighted by Gasteiger charge is -2.04. The molecule has 1 heterocycles. The molecule has 0 aliphatic heterocycles. The number of hydrogen-bond acceptors (Lipinski definition) is 3. The fourth-order valence-electron chi connectivity index (χ4n) is 1.41. The smallest absolute Gasteiger partial charge is 0.335 e. The fraction of sp³-hybridized carbons (Fsp3) is 0.0769. The van der Waals surface area contributed by atoms with E-state index in [1.54, 1.807) is 6.07 Å². The molecule has 0 saturated heterocycles.